The van der Waals surface area contributed by atoms with Gasteiger partial charge in [0.1, 0.15) is 0 Å². The van der Waals surface area contributed by atoms with Gasteiger partial charge in [0.2, 0.25) is 5.91 Å². The third-order valence-corrected chi connectivity index (χ3v) is 4.16. The summed E-state index contributed by atoms with van der Waals surface area (Å²) in [5.74, 6) is 0.159. The van der Waals surface area contributed by atoms with Crippen LogP contribution >= 0.6 is 11.3 Å². The number of thiazole rings is 1. The third kappa shape index (κ3) is 6.68. The number of hydrogen-bond donors (Lipinski definition) is 2. The first-order valence-electron chi connectivity index (χ1n) is 7.03. The van der Waals surface area contributed by atoms with Crippen molar-refractivity contribution in [3.8, 4) is 0 Å². The van der Waals surface area contributed by atoms with Gasteiger partial charge in [-0.05, 0) is 33.2 Å². The Balaban J connectivity index is 2.08. The highest BCUT2D eigenvalue weighted by molar-refractivity contribution is 7.11. The van der Waals surface area contributed by atoms with Crippen molar-refractivity contribution in [3.05, 3.63) is 15.6 Å². The minimum absolute atomic E-state index is 0.159. The van der Waals surface area contributed by atoms with E-state index in [1.54, 1.807) is 11.3 Å². The zero-order chi connectivity index (χ0) is 14.1. The lowest BCUT2D eigenvalue weighted by Gasteiger charge is -2.04. The van der Waals surface area contributed by atoms with Gasteiger partial charge in [-0.25, -0.2) is 4.98 Å². The standard InChI is InChI=1S/C14H25N3OS/c1-11-13(19-12(2)17-11)8-10-16-14(18)7-5-3-4-6-9-15/h3-10,15H2,1-2H3,(H,16,18). The number of rotatable bonds is 9. The van der Waals surface area contributed by atoms with E-state index in [1.165, 1.54) is 4.88 Å². The predicted octanol–water partition coefficient (Wildman–Crippen LogP) is 2.33. The zero-order valence-corrected chi connectivity index (χ0v) is 12.8. The van der Waals surface area contributed by atoms with Gasteiger partial charge in [0.25, 0.3) is 0 Å². The number of amides is 1. The Bertz CT molecular complexity index is 390. The summed E-state index contributed by atoms with van der Waals surface area (Å²) in [5, 5.41) is 4.07. The number of aromatic nitrogens is 1. The second-order valence-electron chi connectivity index (χ2n) is 4.79. The molecule has 0 aliphatic heterocycles. The number of hydrogen-bond acceptors (Lipinski definition) is 4. The van der Waals surface area contributed by atoms with Crippen molar-refractivity contribution in [2.24, 2.45) is 5.73 Å². The number of nitrogens with zero attached hydrogens (tertiary/aromatic N) is 1. The molecule has 3 N–H and O–H groups in total. The van der Waals surface area contributed by atoms with E-state index in [4.69, 9.17) is 5.73 Å². The van der Waals surface area contributed by atoms with Gasteiger partial charge in [-0.15, -0.1) is 11.3 Å². The first kappa shape index (κ1) is 16.1. The van der Waals surface area contributed by atoms with E-state index < -0.39 is 0 Å². The molecule has 0 spiro atoms. The molecular weight excluding hydrogens is 258 g/mol. The normalized spacial score (nSPS) is 10.7. The molecule has 0 fully saturated rings. The first-order chi connectivity index (χ1) is 9.13. The van der Waals surface area contributed by atoms with E-state index in [9.17, 15) is 4.79 Å². The van der Waals surface area contributed by atoms with Crippen LogP contribution in [-0.4, -0.2) is 24.0 Å². The number of carbonyl (C=O) groups excluding carboxylic acids is 1. The zero-order valence-electron chi connectivity index (χ0n) is 12.0. The van der Waals surface area contributed by atoms with Gasteiger partial charge in [-0.2, -0.15) is 0 Å². The van der Waals surface area contributed by atoms with Crippen LogP contribution in [0.25, 0.3) is 0 Å². The summed E-state index contributed by atoms with van der Waals surface area (Å²) in [5.41, 5.74) is 6.52. The summed E-state index contributed by atoms with van der Waals surface area (Å²) in [4.78, 5) is 17.3. The highest BCUT2D eigenvalue weighted by Crippen LogP contribution is 2.17. The molecular formula is C14H25N3OS. The minimum Gasteiger partial charge on any atom is -0.356 e. The lowest BCUT2D eigenvalue weighted by Crippen LogP contribution is -2.25. The van der Waals surface area contributed by atoms with Crippen LogP contribution in [0.1, 0.15) is 47.7 Å². The molecule has 5 heteroatoms. The third-order valence-electron chi connectivity index (χ3n) is 3.03. The smallest absolute Gasteiger partial charge is 0.220 e. The molecule has 1 amide bonds. The molecule has 108 valence electrons. The molecule has 0 radical (unpaired) electrons. The SMILES string of the molecule is Cc1nc(C)c(CCNC(=O)CCCCCCN)s1. The molecule has 0 saturated carbocycles. The maximum Gasteiger partial charge on any atom is 0.220 e. The van der Waals surface area contributed by atoms with Gasteiger partial charge in [0.05, 0.1) is 10.7 Å². The van der Waals surface area contributed by atoms with E-state index >= 15 is 0 Å². The molecule has 1 heterocycles. The maximum atomic E-state index is 11.6. The molecule has 1 rings (SSSR count). The Morgan fingerprint density at radius 3 is 2.63 bits per heavy atom. The molecule has 1 aromatic rings. The molecule has 0 atom stereocenters. The van der Waals surface area contributed by atoms with Gasteiger partial charge >= 0.3 is 0 Å². The van der Waals surface area contributed by atoms with Gasteiger partial charge < -0.3 is 11.1 Å². The fourth-order valence-electron chi connectivity index (χ4n) is 1.99. The van der Waals surface area contributed by atoms with Crippen LogP contribution in [0.3, 0.4) is 0 Å². The Labute approximate surface area is 119 Å². The highest BCUT2D eigenvalue weighted by atomic mass is 32.1. The molecule has 4 nitrogen and oxygen atoms in total. The quantitative estimate of drug-likeness (QED) is 0.683. The van der Waals surface area contributed by atoms with Crippen molar-refractivity contribution in [3.63, 3.8) is 0 Å². The summed E-state index contributed by atoms with van der Waals surface area (Å²) >= 11 is 1.72. The monoisotopic (exact) mass is 283 g/mol. The van der Waals surface area contributed by atoms with Crippen molar-refractivity contribution >= 4 is 17.2 Å². The second kappa shape index (κ2) is 9.04. The average Bonchev–Trinajstić information content (AvgIpc) is 2.68. The largest absolute Gasteiger partial charge is 0.356 e. The molecule has 19 heavy (non-hydrogen) atoms. The molecule has 0 aliphatic rings. The van der Waals surface area contributed by atoms with E-state index in [0.29, 0.717) is 13.0 Å². The van der Waals surface area contributed by atoms with Crippen LogP contribution < -0.4 is 11.1 Å². The summed E-state index contributed by atoms with van der Waals surface area (Å²) in [6.07, 6.45) is 5.76. The lowest BCUT2D eigenvalue weighted by atomic mass is 10.1. The molecule has 0 unspecified atom stereocenters. The summed E-state index contributed by atoms with van der Waals surface area (Å²) in [6.45, 7) is 5.50. The molecule has 0 aliphatic carbocycles. The summed E-state index contributed by atoms with van der Waals surface area (Å²) < 4.78 is 0. The van der Waals surface area contributed by atoms with Gasteiger partial charge in [0, 0.05) is 24.3 Å². The molecule has 0 bridgehead atoms. The van der Waals surface area contributed by atoms with E-state index in [0.717, 1.165) is 49.4 Å². The number of carbonyl (C=O) groups is 1. The van der Waals surface area contributed by atoms with Gasteiger partial charge in [0.15, 0.2) is 0 Å². The Hall–Kier alpha value is -0.940. The van der Waals surface area contributed by atoms with Crippen molar-refractivity contribution in [2.45, 2.75) is 52.4 Å². The van der Waals surface area contributed by atoms with Gasteiger partial charge in [-0.1, -0.05) is 12.8 Å². The van der Waals surface area contributed by atoms with E-state index in [1.807, 2.05) is 13.8 Å². The minimum atomic E-state index is 0.159. The fraction of sp³-hybridized carbons (Fsp3) is 0.714. The van der Waals surface area contributed by atoms with Crippen LogP contribution in [0.5, 0.6) is 0 Å². The maximum absolute atomic E-state index is 11.6. The summed E-state index contributed by atoms with van der Waals surface area (Å²) in [7, 11) is 0. The van der Waals surface area contributed by atoms with E-state index in [2.05, 4.69) is 10.3 Å². The number of unbranched alkanes of at least 4 members (excludes halogenated alkanes) is 3. The van der Waals surface area contributed by atoms with Crippen molar-refractivity contribution in [1.82, 2.24) is 10.3 Å². The summed E-state index contributed by atoms with van der Waals surface area (Å²) in [6, 6.07) is 0. The van der Waals surface area contributed by atoms with E-state index in [-0.39, 0.29) is 5.91 Å². The van der Waals surface area contributed by atoms with Gasteiger partial charge in [-0.3, -0.25) is 4.79 Å². The highest BCUT2D eigenvalue weighted by Gasteiger charge is 2.05. The van der Waals surface area contributed by atoms with Crippen molar-refractivity contribution in [1.29, 1.82) is 0 Å². The van der Waals surface area contributed by atoms with Crippen molar-refractivity contribution < 1.29 is 4.79 Å². The average molecular weight is 283 g/mol. The Morgan fingerprint density at radius 1 is 1.26 bits per heavy atom. The predicted molar refractivity (Wildman–Crippen MR) is 80.4 cm³/mol. The molecule has 1 aromatic heterocycles. The molecule has 0 saturated heterocycles. The van der Waals surface area contributed by atoms with Crippen molar-refractivity contribution in [2.75, 3.05) is 13.1 Å². The number of aryl methyl sites for hydroxylation is 2. The number of nitrogens with two attached hydrogens (primary N) is 1. The topological polar surface area (TPSA) is 68.0 Å². The lowest BCUT2D eigenvalue weighted by molar-refractivity contribution is -0.121. The van der Waals surface area contributed by atoms with Crippen LogP contribution in [0, 0.1) is 13.8 Å². The van der Waals surface area contributed by atoms with Crippen LogP contribution in [0.15, 0.2) is 0 Å². The van der Waals surface area contributed by atoms with Crippen LogP contribution in [0.2, 0.25) is 0 Å². The van der Waals surface area contributed by atoms with Crippen LogP contribution in [0.4, 0.5) is 0 Å². The first-order valence-corrected chi connectivity index (χ1v) is 7.84. The Kier molecular flexibility index (Phi) is 7.67. The number of nitrogens with one attached hydrogen (secondary N) is 1. The second-order valence-corrected chi connectivity index (χ2v) is 6.08. The fourth-order valence-corrected chi connectivity index (χ4v) is 2.93. The Morgan fingerprint density at radius 2 is 2.00 bits per heavy atom. The van der Waals surface area contributed by atoms with Crippen LogP contribution in [-0.2, 0) is 11.2 Å². The molecule has 0 aromatic carbocycles.